The lowest BCUT2D eigenvalue weighted by atomic mass is 10.2. The van der Waals surface area contributed by atoms with Gasteiger partial charge in [0.2, 0.25) is 5.91 Å². The number of rotatable bonds is 7. The van der Waals surface area contributed by atoms with Crippen LogP contribution in [-0.4, -0.2) is 25.0 Å². The molecule has 0 aliphatic carbocycles. The van der Waals surface area contributed by atoms with Gasteiger partial charge in [-0.25, -0.2) is 0 Å². The van der Waals surface area contributed by atoms with Gasteiger partial charge < -0.3 is 10.6 Å². The smallest absolute Gasteiger partial charge is 0.221 e. The van der Waals surface area contributed by atoms with Gasteiger partial charge in [0.1, 0.15) is 0 Å². The van der Waals surface area contributed by atoms with Crippen molar-refractivity contribution >= 4 is 5.91 Å². The standard InChI is InChI=1S/C12H22N2O/c1-5-11(6-2)13-8-7-12(15)14-9-10(3)4/h1,10-11,13H,6-9H2,2-4H3,(H,14,15). The number of carbonyl (C=O) groups excluding carboxylic acids is 1. The molecule has 0 aliphatic heterocycles. The van der Waals surface area contributed by atoms with Crippen molar-refractivity contribution in [1.29, 1.82) is 0 Å². The maximum atomic E-state index is 11.3. The second-order valence-electron chi connectivity index (χ2n) is 4.03. The summed E-state index contributed by atoms with van der Waals surface area (Å²) in [6.45, 7) is 7.56. The predicted molar refractivity (Wildman–Crippen MR) is 63.4 cm³/mol. The molecule has 0 saturated carbocycles. The van der Waals surface area contributed by atoms with Gasteiger partial charge >= 0.3 is 0 Å². The van der Waals surface area contributed by atoms with Crippen LogP contribution in [0.1, 0.15) is 33.6 Å². The molecule has 1 unspecified atom stereocenters. The Morgan fingerprint density at radius 3 is 2.60 bits per heavy atom. The van der Waals surface area contributed by atoms with Crippen LogP contribution in [-0.2, 0) is 4.79 Å². The fourth-order valence-electron chi connectivity index (χ4n) is 1.09. The largest absolute Gasteiger partial charge is 0.356 e. The van der Waals surface area contributed by atoms with Crippen molar-refractivity contribution in [2.24, 2.45) is 5.92 Å². The van der Waals surface area contributed by atoms with Crippen LogP contribution in [0.5, 0.6) is 0 Å². The summed E-state index contributed by atoms with van der Waals surface area (Å²) < 4.78 is 0. The highest BCUT2D eigenvalue weighted by Crippen LogP contribution is 1.90. The van der Waals surface area contributed by atoms with E-state index in [0.717, 1.165) is 13.0 Å². The first kappa shape index (κ1) is 14.0. The molecule has 0 aromatic rings. The summed E-state index contributed by atoms with van der Waals surface area (Å²) in [6, 6.07) is 0.0860. The first-order valence-corrected chi connectivity index (χ1v) is 5.56. The van der Waals surface area contributed by atoms with Crippen LogP contribution in [0.4, 0.5) is 0 Å². The molecular weight excluding hydrogens is 188 g/mol. The molecule has 0 aromatic carbocycles. The fraction of sp³-hybridized carbons (Fsp3) is 0.750. The third-order valence-corrected chi connectivity index (χ3v) is 2.06. The first-order valence-electron chi connectivity index (χ1n) is 5.56. The normalized spacial score (nSPS) is 12.2. The van der Waals surface area contributed by atoms with Gasteiger partial charge in [0, 0.05) is 19.5 Å². The zero-order valence-electron chi connectivity index (χ0n) is 9.97. The molecule has 2 N–H and O–H groups in total. The van der Waals surface area contributed by atoms with Crippen LogP contribution in [0.25, 0.3) is 0 Å². The van der Waals surface area contributed by atoms with Gasteiger partial charge in [-0.3, -0.25) is 4.79 Å². The summed E-state index contributed by atoms with van der Waals surface area (Å²) in [5, 5.41) is 6.00. The van der Waals surface area contributed by atoms with E-state index >= 15 is 0 Å². The van der Waals surface area contributed by atoms with E-state index in [2.05, 4.69) is 30.4 Å². The average molecular weight is 210 g/mol. The van der Waals surface area contributed by atoms with E-state index in [0.29, 0.717) is 18.9 Å². The van der Waals surface area contributed by atoms with Crippen molar-refractivity contribution < 1.29 is 4.79 Å². The molecule has 0 aromatic heterocycles. The highest BCUT2D eigenvalue weighted by atomic mass is 16.1. The topological polar surface area (TPSA) is 41.1 Å². The van der Waals surface area contributed by atoms with E-state index in [-0.39, 0.29) is 11.9 Å². The van der Waals surface area contributed by atoms with Crippen molar-refractivity contribution in [3.05, 3.63) is 0 Å². The Hall–Kier alpha value is -1.01. The number of terminal acetylenes is 1. The number of amides is 1. The second-order valence-corrected chi connectivity index (χ2v) is 4.03. The number of hydrogen-bond acceptors (Lipinski definition) is 2. The average Bonchev–Trinajstić information content (AvgIpc) is 2.21. The Bertz CT molecular complexity index is 218. The van der Waals surface area contributed by atoms with E-state index in [1.165, 1.54) is 0 Å². The van der Waals surface area contributed by atoms with E-state index in [1.54, 1.807) is 0 Å². The van der Waals surface area contributed by atoms with Gasteiger partial charge in [0.25, 0.3) is 0 Å². The van der Waals surface area contributed by atoms with E-state index in [4.69, 9.17) is 6.42 Å². The fourth-order valence-corrected chi connectivity index (χ4v) is 1.09. The zero-order chi connectivity index (χ0) is 11.7. The van der Waals surface area contributed by atoms with Crippen molar-refractivity contribution in [3.63, 3.8) is 0 Å². The number of nitrogens with one attached hydrogen (secondary N) is 2. The minimum absolute atomic E-state index is 0.0860. The molecule has 0 fully saturated rings. The summed E-state index contributed by atoms with van der Waals surface area (Å²) in [6.07, 6.45) is 6.67. The molecule has 1 atom stereocenters. The van der Waals surface area contributed by atoms with Gasteiger partial charge in [-0.1, -0.05) is 26.7 Å². The van der Waals surface area contributed by atoms with Crippen LogP contribution in [0.3, 0.4) is 0 Å². The Kier molecular flexibility index (Phi) is 7.75. The lowest BCUT2D eigenvalue weighted by Crippen LogP contribution is -2.33. The van der Waals surface area contributed by atoms with E-state index < -0.39 is 0 Å². The minimum atomic E-state index is 0.0860. The molecule has 3 heteroatoms. The number of hydrogen-bond donors (Lipinski definition) is 2. The van der Waals surface area contributed by atoms with Crippen molar-refractivity contribution in [3.8, 4) is 12.3 Å². The highest BCUT2D eigenvalue weighted by Gasteiger charge is 2.04. The van der Waals surface area contributed by atoms with Crippen molar-refractivity contribution in [1.82, 2.24) is 10.6 Å². The summed E-state index contributed by atoms with van der Waals surface area (Å²) in [4.78, 5) is 11.3. The SMILES string of the molecule is C#CC(CC)NCCC(=O)NCC(C)C. The van der Waals surface area contributed by atoms with Crippen LogP contribution in [0.2, 0.25) is 0 Å². The predicted octanol–water partition coefficient (Wildman–Crippen LogP) is 1.15. The molecule has 0 rings (SSSR count). The lowest BCUT2D eigenvalue weighted by molar-refractivity contribution is -0.121. The molecule has 86 valence electrons. The maximum absolute atomic E-state index is 11.3. The van der Waals surface area contributed by atoms with Gasteiger partial charge in [0.15, 0.2) is 0 Å². The Labute approximate surface area is 93.0 Å². The molecular formula is C12H22N2O. The monoisotopic (exact) mass is 210 g/mol. The highest BCUT2D eigenvalue weighted by molar-refractivity contribution is 5.76. The third-order valence-electron chi connectivity index (χ3n) is 2.06. The summed E-state index contributed by atoms with van der Waals surface area (Å²) in [5.41, 5.74) is 0. The van der Waals surface area contributed by atoms with Crippen molar-refractivity contribution in [2.45, 2.75) is 39.7 Å². The molecule has 0 bridgehead atoms. The van der Waals surface area contributed by atoms with Crippen LogP contribution in [0.15, 0.2) is 0 Å². The second kappa shape index (κ2) is 8.31. The van der Waals surface area contributed by atoms with Gasteiger partial charge in [-0.05, 0) is 12.3 Å². The summed E-state index contributed by atoms with van der Waals surface area (Å²) >= 11 is 0. The molecule has 1 amide bonds. The lowest BCUT2D eigenvalue weighted by Gasteiger charge is -2.11. The summed E-state index contributed by atoms with van der Waals surface area (Å²) in [5.74, 6) is 3.22. The van der Waals surface area contributed by atoms with Gasteiger partial charge in [-0.2, -0.15) is 0 Å². The third kappa shape index (κ3) is 8.02. The van der Waals surface area contributed by atoms with E-state index in [9.17, 15) is 4.79 Å². The molecule has 3 nitrogen and oxygen atoms in total. The Morgan fingerprint density at radius 2 is 2.13 bits per heavy atom. The van der Waals surface area contributed by atoms with Gasteiger partial charge in [-0.15, -0.1) is 6.42 Å². The molecule has 15 heavy (non-hydrogen) atoms. The first-order chi connectivity index (χ1) is 7.10. The quantitative estimate of drug-likeness (QED) is 0.619. The van der Waals surface area contributed by atoms with Crippen LogP contribution in [0, 0.1) is 18.3 Å². The molecule has 0 spiro atoms. The maximum Gasteiger partial charge on any atom is 0.221 e. The number of carbonyl (C=O) groups is 1. The minimum Gasteiger partial charge on any atom is -0.356 e. The zero-order valence-corrected chi connectivity index (χ0v) is 9.97. The Balaban J connectivity index is 3.51. The molecule has 0 radical (unpaired) electrons. The van der Waals surface area contributed by atoms with E-state index in [1.807, 2.05) is 6.92 Å². The van der Waals surface area contributed by atoms with Crippen LogP contribution >= 0.6 is 0 Å². The molecule has 0 heterocycles. The van der Waals surface area contributed by atoms with Gasteiger partial charge in [0.05, 0.1) is 6.04 Å². The summed E-state index contributed by atoms with van der Waals surface area (Å²) in [7, 11) is 0. The van der Waals surface area contributed by atoms with Crippen LogP contribution < -0.4 is 10.6 Å². The molecule has 0 saturated heterocycles. The molecule has 0 aliphatic rings. The van der Waals surface area contributed by atoms with Crippen molar-refractivity contribution in [2.75, 3.05) is 13.1 Å². The Morgan fingerprint density at radius 1 is 1.47 bits per heavy atom.